The minimum absolute atomic E-state index is 0.194. The van der Waals surface area contributed by atoms with Gasteiger partial charge in [-0.15, -0.1) is 0 Å². The molecule has 0 N–H and O–H groups in total. The van der Waals surface area contributed by atoms with Gasteiger partial charge in [-0.05, 0) is 0 Å². The Bertz CT molecular complexity index is 217. The van der Waals surface area contributed by atoms with Crippen LogP contribution in [0.2, 0.25) is 4.44 Å². The van der Waals surface area contributed by atoms with E-state index in [0.29, 0.717) is 0 Å². The van der Waals surface area contributed by atoms with Crippen LogP contribution in [-0.2, 0) is 14.4 Å². The van der Waals surface area contributed by atoms with Crippen molar-refractivity contribution >= 4 is 78.3 Å². The quantitative estimate of drug-likeness (QED) is 0.244. The number of carboxylic acid groups (broad SMARTS) is 3. The van der Waals surface area contributed by atoms with Crippen LogP contribution in [0.25, 0.3) is 0 Å². The molecule has 0 aromatic rings. The van der Waals surface area contributed by atoms with Crippen LogP contribution in [0, 0.1) is 0 Å². The largest absolute Gasteiger partial charge is 0.549 e. The summed E-state index contributed by atoms with van der Waals surface area (Å²) in [6.45, 7) is 3.50. The number of rotatable bonds is 4. The normalized spacial score (nSPS) is 7.21. The Balaban J connectivity index is -0.0000000793. The molecule has 0 heterocycles. The van der Waals surface area contributed by atoms with E-state index in [2.05, 4.69) is 44.5 Å². The van der Waals surface area contributed by atoms with Crippen LogP contribution in [0.5, 0.6) is 0 Å². The van der Waals surface area contributed by atoms with Crippen LogP contribution in [0.1, 0.15) is 0 Å². The summed E-state index contributed by atoms with van der Waals surface area (Å²) < 4.78 is 1.17. The molecule has 0 radical (unpaired) electrons. The fourth-order valence-corrected chi connectivity index (χ4v) is 0. The summed E-state index contributed by atoms with van der Waals surface area (Å²) in [6.07, 6.45) is 1.92. The van der Waals surface area contributed by atoms with Crippen LogP contribution in [0.4, 0.5) is 0 Å². The summed E-state index contributed by atoms with van der Waals surface area (Å²) in [7, 11) is 0. The molecule has 0 saturated heterocycles. The van der Waals surface area contributed by atoms with Gasteiger partial charge in [-0.3, -0.25) is 0 Å². The first-order valence-electron chi connectivity index (χ1n) is 4.40. The van der Waals surface area contributed by atoms with E-state index in [-0.39, 0.29) is 17.3 Å². The van der Waals surface area contributed by atoms with E-state index in [1.165, 1.54) is 4.44 Å². The van der Waals surface area contributed by atoms with Gasteiger partial charge in [0.2, 0.25) is 0 Å². The van der Waals surface area contributed by atoms with Gasteiger partial charge in [0, 0.05) is 17.3 Å². The van der Waals surface area contributed by atoms with Crippen molar-refractivity contribution in [3.63, 3.8) is 0 Å². The predicted molar refractivity (Wildman–Crippen MR) is 77.3 cm³/mol. The van der Waals surface area contributed by atoms with Gasteiger partial charge in [0.05, 0.1) is 17.9 Å². The third-order valence-corrected chi connectivity index (χ3v) is 2.13. The number of allylic oxidation sites excluding steroid dienone is 1. The van der Waals surface area contributed by atoms with Crippen molar-refractivity contribution in [3.05, 3.63) is 12.7 Å². The molecule has 0 aliphatic carbocycles. The topological polar surface area (TPSA) is 120 Å². The summed E-state index contributed by atoms with van der Waals surface area (Å²) >= 11 is 11.6. The standard InChI is InChI=1S/C3H5.3C2H4O2S.Sn/c1-3-2;3*3-2(4)1-5;/h3H,1-2H2;3*5H,1H2,(H,3,4);/q;;;;+3/p-3. The van der Waals surface area contributed by atoms with Crippen molar-refractivity contribution in [1.82, 2.24) is 0 Å². The number of aliphatic carboxylic acids is 3. The molecule has 0 aromatic carbocycles. The van der Waals surface area contributed by atoms with Crippen LogP contribution >= 0.6 is 37.9 Å². The maximum absolute atomic E-state index is 9.18. The van der Waals surface area contributed by atoms with Gasteiger partial charge in [-0.2, -0.15) is 37.9 Å². The van der Waals surface area contributed by atoms with E-state index >= 15 is 0 Å². The Hall–Kier alpha value is -0.00130. The molecule has 19 heavy (non-hydrogen) atoms. The maximum Gasteiger partial charge on any atom is 0.0510 e. The van der Waals surface area contributed by atoms with E-state index in [9.17, 15) is 29.7 Å². The van der Waals surface area contributed by atoms with Crippen LogP contribution in [0.15, 0.2) is 12.7 Å². The number of thiol groups is 3. The number of hydrogen-bond acceptors (Lipinski definition) is 9. The number of carbonyl (C=O) groups is 3. The van der Waals surface area contributed by atoms with E-state index in [0.717, 1.165) is 0 Å². The molecule has 0 aliphatic heterocycles. The molecule has 0 amide bonds. The first-order valence-corrected chi connectivity index (χ1v) is 8.32. The monoisotopic (exact) mass is 434 g/mol. The van der Waals surface area contributed by atoms with Crippen LogP contribution in [0.3, 0.4) is 0 Å². The van der Waals surface area contributed by atoms with Gasteiger partial charge in [-0.25, -0.2) is 0 Å². The molecule has 108 valence electrons. The summed E-state index contributed by atoms with van der Waals surface area (Å²) in [6, 6.07) is 0. The summed E-state index contributed by atoms with van der Waals surface area (Å²) in [5.74, 6) is -3.98. The molecule has 0 atom stereocenters. The zero-order chi connectivity index (χ0) is 16.3. The van der Waals surface area contributed by atoms with Crippen molar-refractivity contribution in [1.29, 1.82) is 0 Å². The number of carboxylic acids is 3. The second-order valence-electron chi connectivity index (χ2n) is 2.08. The van der Waals surface area contributed by atoms with Crippen molar-refractivity contribution < 1.29 is 29.7 Å². The molecule has 0 spiro atoms. The first-order chi connectivity index (χ1) is 8.72. The number of hydrogen-bond donors (Lipinski definition) is 3. The molecule has 0 rings (SSSR count). The third kappa shape index (κ3) is 94.1. The van der Waals surface area contributed by atoms with E-state index in [4.69, 9.17) is 0 Å². The molecule has 0 aromatic heterocycles. The molecule has 10 heteroatoms. The smallest absolute Gasteiger partial charge is 0.0510 e. The molecule has 0 unspecified atom stereocenters. The number of carbonyl (C=O) groups excluding carboxylic acids is 3. The van der Waals surface area contributed by atoms with Gasteiger partial charge in [-0.1, -0.05) is 0 Å². The van der Waals surface area contributed by atoms with Crippen molar-refractivity contribution in [2.24, 2.45) is 0 Å². The van der Waals surface area contributed by atoms with Crippen molar-refractivity contribution in [2.75, 3.05) is 17.3 Å². The molecule has 0 aliphatic rings. The molecule has 0 bridgehead atoms. The molecule has 0 fully saturated rings. The van der Waals surface area contributed by atoms with E-state index < -0.39 is 17.9 Å². The summed E-state index contributed by atoms with van der Waals surface area (Å²) in [4.78, 5) is 27.5. The third-order valence-electron chi connectivity index (χ3n) is 0.532. The van der Waals surface area contributed by atoms with Gasteiger partial charge in [0.15, 0.2) is 0 Å². The average molecular weight is 433 g/mol. The van der Waals surface area contributed by atoms with E-state index in [1.807, 2.05) is 6.08 Å². The Morgan fingerprint density at radius 3 is 1.00 bits per heavy atom. The maximum atomic E-state index is 9.18. The van der Waals surface area contributed by atoms with Crippen LogP contribution in [-0.4, -0.2) is 57.7 Å². The zero-order valence-corrected chi connectivity index (χ0v) is 15.4. The van der Waals surface area contributed by atoms with Gasteiger partial charge >= 0.3 is 39.6 Å². The Morgan fingerprint density at radius 1 is 0.895 bits per heavy atom. The second kappa shape index (κ2) is 26.5. The fraction of sp³-hybridized carbons (Fsp3) is 0.444. The SMILES string of the molecule is C=C[CH2][Sn+3].O=C([O-])CS.O=C([O-])CS.O=C([O-])CS. The molecular weight excluding hydrogens is 419 g/mol. The Kier molecular flexibility index (Phi) is 38.2. The minimum atomic E-state index is -1.13. The van der Waals surface area contributed by atoms with Gasteiger partial charge in [0.1, 0.15) is 0 Å². The Labute approximate surface area is 142 Å². The minimum Gasteiger partial charge on any atom is -0.549 e. The fourth-order valence-electron chi connectivity index (χ4n) is 0. The molecular formula is C9H14O6S3Sn. The van der Waals surface area contributed by atoms with Crippen molar-refractivity contribution in [3.8, 4) is 0 Å². The summed E-state index contributed by atoms with van der Waals surface area (Å²) in [5.41, 5.74) is 0. The zero-order valence-electron chi connectivity index (χ0n) is 9.90. The average Bonchev–Trinajstić information content (AvgIpc) is 2.40. The first kappa shape index (κ1) is 27.4. The Morgan fingerprint density at radius 2 is 1.00 bits per heavy atom. The molecule has 6 nitrogen and oxygen atoms in total. The second-order valence-corrected chi connectivity index (χ2v) is 4.20. The predicted octanol–water partition coefficient (Wildman–Crippen LogP) is -3.24. The molecule has 0 saturated carbocycles. The van der Waals surface area contributed by atoms with E-state index in [1.54, 1.807) is 22.5 Å². The van der Waals surface area contributed by atoms with Crippen molar-refractivity contribution in [2.45, 2.75) is 4.44 Å². The van der Waals surface area contributed by atoms with Gasteiger partial charge in [0.25, 0.3) is 0 Å². The van der Waals surface area contributed by atoms with Gasteiger partial charge < -0.3 is 29.7 Å². The van der Waals surface area contributed by atoms with Crippen LogP contribution < -0.4 is 15.3 Å². The summed E-state index contributed by atoms with van der Waals surface area (Å²) in [5, 5.41) is 27.5.